The molecule has 2 N–H and O–H groups in total. The van der Waals surface area contributed by atoms with Crippen LogP contribution in [0, 0.1) is 11.1 Å². The maximum atomic E-state index is 12.5. The lowest BCUT2D eigenvalue weighted by Gasteiger charge is -2.38. The Morgan fingerprint density at radius 2 is 2.30 bits per heavy atom. The molecular formula is C16H24N4O3. The topological polar surface area (TPSA) is 82.0 Å². The number of anilines is 1. The molecule has 1 fully saturated rings. The van der Waals surface area contributed by atoms with Gasteiger partial charge >= 0.3 is 6.09 Å². The summed E-state index contributed by atoms with van der Waals surface area (Å²) in [5.74, 6) is 0.744. The largest absolute Gasteiger partial charge is 0.629 e. The molecule has 0 aromatic carbocycles. The Hall–Kier alpha value is -1.86. The van der Waals surface area contributed by atoms with E-state index in [4.69, 9.17) is 4.74 Å². The Balaban J connectivity index is 1.72. The van der Waals surface area contributed by atoms with Crippen LogP contribution in [0.4, 0.5) is 16.3 Å². The van der Waals surface area contributed by atoms with E-state index in [1.165, 1.54) is 0 Å². The van der Waals surface area contributed by atoms with Gasteiger partial charge in [0.25, 0.3) is 0 Å². The SMILES string of the molecule is CC(C)(C)OC(=O)N1CCC2Nc3ncccc3[NH+]([O-])CC2C1. The third kappa shape index (κ3) is 3.56. The molecule has 1 aromatic heterocycles. The van der Waals surface area contributed by atoms with Crippen molar-refractivity contribution in [1.82, 2.24) is 9.88 Å². The number of hydrogen-bond donors (Lipinski definition) is 2. The highest BCUT2D eigenvalue weighted by atomic mass is 16.6. The molecule has 1 aromatic rings. The Morgan fingerprint density at radius 3 is 3.04 bits per heavy atom. The molecule has 0 saturated carbocycles. The van der Waals surface area contributed by atoms with Gasteiger partial charge < -0.3 is 25.2 Å². The molecule has 0 radical (unpaired) electrons. The smallest absolute Gasteiger partial charge is 0.410 e. The standard InChI is InChI=1S/C16H24N4O3/c1-16(2,3)23-15(21)19-8-6-12-11(9-19)10-20(22)13-5-4-7-17-14(13)18-12/h4-5,7,11-12,20H,6,8-10H2,1-3H3,(H,17,18). The molecular weight excluding hydrogens is 296 g/mol. The van der Waals surface area contributed by atoms with Crippen molar-refractivity contribution >= 4 is 17.6 Å². The summed E-state index contributed by atoms with van der Waals surface area (Å²) in [4.78, 5) is 18.3. The molecule has 3 unspecified atom stereocenters. The minimum Gasteiger partial charge on any atom is -0.629 e. The average molecular weight is 320 g/mol. The molecule has 0 spiro atoms. The Bertz CT molecular complexity index is 587. The molecule has 2 aliphatic rings. The summed E-state index contributed by atoms with van der Waals surface area (Å²) in [6.45, 7) is 7.16. The quantitative estimate of drug-likeness (QED) is 0.701. The zero-order chi connectivity index (χ0) is 16.6. The van der Waals surface area contributed by atoms with E-state index in [1.807, 2.05) is 20.8 Å². The number of piperidine rings is 1. The second-order valence-electron chi connectivity index (χ2n) is 7.25. The number of carbonyl (C=O) groups excluding carboxylic acids is 1. The number of hydrogen-bond acceptors (Lipinski definition) is 5. The van der Waals surface area contributed by atoms with Crippen LogP contribution in [0.1, 0.15) is 27.2 Å². The number of pyridine rings is 1. The van der Waals surface area contributed by atoms with E-state index in [1.54, 1.807) is 23.2 Å². The first-order valence-electron chi connectivity index (χ1n) is 8.06. The molecule has 1 saturated heterocycles. The molecule has 126 valence electrons. The van der Waals surface area contributed by atoms with E-state index in [2.05, 4.69) is 10.3 Å². The summed E-state index contributed by atoms with van der Waals surface area (Å²) < 4.78 is 5.45. The lowest BCUT2D eigenvalue weighted by atomic mass is 9.92. The summed E-state index contributed by atoms with van der Waals surface area (Å²) in [5, 5.41) is 15.9. The van der Waals surface area contributed by atoms with E-state index >= 15 is 0 Å². The zero-order valence-corrected chi connectivity index (χ0v) is 13.8. The first-order chi connectivity index (χ1) is 10.8. The van der Waals surface area contributed by atoms with E-state index in [-0.39, 0.29) is 23.1 Å². The first-order valence-corrected chi connectivity index (χ1v) is 8.06. The number of ether oxygens (including phenoxy) is 1. The van der Waals surface area contributed by atoms with Gasteiger partial charge in [-0.2, -0.15) is 0 Å². The molecule has 7 nitrogen and oxygen atoms in total. The van der Waals surface area contributed by atoms with E-state index in [0.717, 1.165) is 6.42 Å². The van der Waals surface area contributed by atoms with Crippen molar-refractivity contribution in [1.29, 1.82) is 0 Å². The lowest BCUT2D eigenvalue weighted by molar-refractivity contribution is -0.779. The molecule has 0 bridgehead atoms. The van der Waals surface area contributed by atoms with Gasteiger partial charge in [-0.15, -0.1) is 0 Å². The normalized spacial score (nSPS) is 27.3. The minimum absolute atomic E-state index is 0.0815. The first kappa shape index (κ1) is 16.0. The van der Waals surface area contributed by atoms with Gasteiger partial charge in [-0.05, 0) is 33.3 Å². The maximum absolute atomic E-state index is 12.5. The molecule has 0 aliphatic carbocycles. The van der Waals surface area contributed by atoms with Gasteiger partial charge in [0, 0.05) is 37.3 Å². The van der Waals surface area contributed by atoms with Crippen molar-refractivity contribution in [3.05, 3.63) is 23.5 Å². The number of carbonyl (C=O) groups is 1. The van der Waals surface area contributed by atoms with Crippen LogP contribution in [0.2, 0.25) is 0 Å². The van der Waals surface area contributed by atoms with Gasteiger partial charge in [0.15, 0.2) is 11.5 Å². The Morgan fingerprint density at radius 1 is 1.52 bits per heavy atom. The monoisotopic (exact) mass is 320 g/mol. The molecule has 3 atom stereocenters. The van der Waals surface area contributed by atoms with Gasteiger partial charge in [-0.25, -0.2) is 9.78 Å². The maximum Gasteiger partial charge on any atom is 0.410 e. The van der Waals surface area contributed by atoms with Crippen LogP contribution < -0.4 is 10.4 Å². The molecule has 2 aliphatic heterocycles. The van der Waals surface area contributed by atoms with Gasteiger partial charge in [-0.3, -0.25) is 0 Å². The number of amides is 1. The lowest BCUT2D eigenvalue weighted by Crippen LogP contribution is -3.03. The molecule has 1 amide bonds. The third-order valence-electron chi connectivity index (χ3n) is 4.26. The number of rotatable bonds is 0. The Labute approximate surface area is 136 Å². The summed E-state index contributed by atoms with van der Waals surface area (Å²) in [7, 11) is 0. The fourth-order valence-electron chi connectivity index (χ4n) is 3.19. The van der Waals surface area contributed by atoms with Crippen molar-refractivity contribution in [2.24, 2.45) is 5.92 Å². The van der Waals surface area contributed by atoms with Crippen LogP contribution >= 0.6 is 0 Å². The zero-order valence-electron chi connectivity index (χ0n) is 13.8. The number of aromatic nitrogens is 1. The summed E-state index contributed by atoms with van der Waals surface area (Å²) >= 11 is 0. The number of quaternary nitrogens is 1. The molecule has 23 heavy (non-hydrogen) atoms. The predicted molar refractivity (Wildman–Crippen MR) is 86.4 cm³/mol. The highest BCUT2D eigenvalue weighted by molar-refractivity contribution is 5.68. The number of nitrogens with one attached hydrogen (secondary N) is 2. The number of hydroxylamine groups is 1. The highest BCUT2D eigenvalue weighted by Gasteiger charge is 2.37. The van der Waals surface area contributed by atoms with Gasteiger partial charge in [-0.1, -0.05) is 0 Å². The Kier molecular flexibility index (Phi) is 4.16. The van der Waals surface area contributed by atoms with Crippen molar-refractivity contribution in [3.8, 4) is 0 Å². The molecule has 7 heteroatoms. The van der Waals surface area contributed by atoms with Crippen molar-refractivity contribution < 1.29 is 14.6 Å². The fraction of sp³-hybridized carbons (Fsp3) is 0.625. The minimum atomic E-state index is -0.508. The second kappa shape index (κ2) is 5.98. The van der Waals surface area contributed by atoms with Crippen molar-refractivity contribution in [3.63, 3.8) is 0 Å². The van der Waals surface area contributed by atoms with Crippen LogP contribution in [0.5, 0.6) is 0 Å². The van der Waals surface area contributed by atoms with Gasteiger partial charge in [0.2, 0.25) is 0 Å². The van der Waals surface area contributed by atoms with Gasteiger partial charge in [0.1, 0.15) is 5.60 Å². The average Bonchev–Trinajstić information content (AvgIpc) is 2.61. The summed E-state index contributed by atoms with van der Waals surface area (Å²) in [6.07, 6.45) is 2.17. The number of nitrogens with zero attached hydrogens (tertiary/aromatic N) is 2. The fourth-order valence-corrected chi connectivity index (χ4v) is 3.19. The van der Waals surface area contributed by atoms with Crippen molar-refractivity contribution in [2.75, 3.05) is 25.0 Å². The third-order valence-corrected chi connectivity index (χ3v) is 4.26. The van der Waals surface area contributed by atoms with Crippen LogP contribution in [-0.2, 0) is 4.74 Å². The van der Waals surface area contributed by atoms with Crippen LogP contribution in [0.25, 0.3) is 0 Å². The number of fused-ring (bicyclic) bond motifs is 2. The van der Waals surface area contributed by atoms with Crippen LogP contribution in [-0.4, -0.2) is 47.3 Å². The number of likely N-dealkylation sites (tertiary alicyclic amines) is 1. The molecule has 3 heterocycles. The highest BCUT2D eigenvalue weighted by Crippen LogP contribution is 2.26. The van der Waals surface area contributed by atoms with E-state index < -0.39 is 5.60 Å². The summed E-state index contributed by atoms with van der Waals surface area (Å²) in [6, 6.07) is 3.75. The second-order valence-corrected chi connectivity index (χ2v) is 7.25. The van der Waals surface area contributed by atoms with E-state index in [0.29, 0.717) is 31.1 Å². The van der Waals surface area contributed by atoms with Crippen molar-refractivity contribution in [2.45, 2.75) is 38.8 Å². The molecule has 3 rings (SSSR count). The van der Waals surface area contributed by atoms with Crippen LogP contribution in [0.3, 0.4) is 0 Å². The predicted octanol–water partition coefficient (Wildman–Crippen LogP) is 1.15. The van der Waals surface area contributed by atoms with Crippen LogP contribution in [0.15, 0.2) is 18.3 Å². The summed E-state index contributed by atoms with van der Waals surface area (Å²) in [5.41, 5.74) is 0.136. The van der Waals surface area contributed by atoms with E-state index in [9.17, 15) is 10.0 Å². The van der Waals surface area contributed by atoms with Gasteiger partial charge in [0.05, 0.1) is 6.54 Å².